The quantitative estimate of drug-likeness (QED) is 0.464. The number of esters is 1. The van der Waals surface area contributed by atoms with E-state index in [0.29, 0.717) is 12.3 Å². The molecule has 1 aliphatic rings. The van der Waals surface area contributed by atoms with Gasteiger partial charge in [0.25, 0.3) is 0 Å². The minimum atomic E-state index is -0.129. The summed E-state index contributed by atoms with van der Waals surface area (Å²) in [6.45, 7) is 1.78. The average Bonchev–Trinajstić information content (AvgIpc) is 3.31. The second-order valence-corrected chi connectivity index (χ2v) is 7.65. The zero-order valence-electron chi connectivity index (χ0n) is 17.0. The molecule has 156 valence electrons. The molecule has 8 heteroatoms. The summed E-state index contributed by atoms with van der Waals surface area (Å²) >= 11 is 0. The fourth-order valence-corrected chi connectivity index (χ4v) is 3.85. The lowest BCUT2D eigenvalue weighted by atomic mass is 9.97. The van der Waals surface area contributed by atoms with E-state index in [-0.39, 0.29) is 11.9 Å². The van der Waals surface area contributed by atoms with Crippen LogP contribution in [-0.2, 0) is 16.1 Å². The summed E-state index contributed by atoms with van der Waals surface area (Å²) in [6, 6.07) is 22.1. The van der Waals surface area contributed by atoms with Crippen LogP contribution in [0.1, 0.15) is 18.4 Å². The molecule has 0 atom stereocenters. The van der Waals surface area contributed by atoms with Crippen LogP contribution in [-0.4, -0.2) is 44.3 Å². The van der Waals surface area contributed by atoms with Crippen LogP contribution >= 0.6 is 0 Å². The second kappa shape index (κ2) is 8.51. The maximum atomic E-state index is 12.6. The highest BCUT2D eigenvalue weighted by Crippen LogP contribution is 2.24. The Hall–Kier alpha value is -3.81. The fourth-order valence-electron chi connectivity index (χ4n) is 3.85. The first-order valence-electron chi connectivity index (χ1n) is 10.4. The molecule has 0 bridgehead atoms. The van der Waals surface area contributed by atoms with Gasteiger partial charge in [-0.3, -0.25) is 4.79 Å². The first-order valence-corrected chi connectivity index (χ1v) is 10.4. The highest BCUT2D eigenvalue weighted by molar-refractivity contribution is 5.73. The van der Waals surface area contributed by atoms with Gasteiger partial charge in [-0.05, 0) is 52.1 Å². The van der Waals surface area contributed by atoms with Gasteiger partial charge in [0.05, 0.1) is 5.92 Å². The van der Waals surface area contributed by atoms with Crippen molar-refractivity contribution in [3.8, 4) is 11.1 Å². The van der Waals surface area contributed by atoms with Crippen molar-refractivity contribution in [3.63, 3.8) is 0 Å². The molecule has 0 N–H and O–H groups in total. The molecule has 1 fully saturated rings. The highest BCUT2D eigenvalue weighted by Gasteiger charge is 2.27. The number of hydrogen-bond acceptors (Lipinski definition) is 7. The molecular formula is C23H22N6O2. The smallest absolute Gasteiger partial charge is 0.309 e. The number of carbonyl (C=O) groups is 1. The van der Waals surface area contributed by atoms with E-state index in [4.69, 9.17) is 4.74 Å². The van der Waals surface area contributed by atoms with E-state index in [2.05, 4.69) is 49.8 Å². The highest BCUT2D eigenvalue weighted by atomic mass is 16.5. The number of carbonyl (C=O) groups excluding carboxylic acids is 1. The summed E-state index contributed by atoms with van der Waals surface area (Å²) in [4.78, 5) is 14.7. The predicted octanol–water partition coefficient (Wildman–Crippen LogP) is 3.15. The largest absolute Gasteiger partial charge is 0.461 e. The molecule has 1 aliphatic heterocycles. The molecule has 8 nitrogen and oxygen atoms in total. The summed E-state index contributed by atoms with van der Waals surface area (Å²) in [5.74, 6) is 0.595. The maximum Gasteiger partial charge on any atom is 0.309 e. The molecular weight excluding hydrogens is 392 g/mol. The number of benzene rings is 2. The van der Waals surface area contributed by atoms with Crippen molar-refractivity contribution < 1.29 is 9.53 Å². The minimum absolute atomic E-state index is 0.0865. The van der Waals surface area contributed by atoms with Crippen LogP contribution in [0.4, 0.5) is 5.82 Å². The first-order chi connectivity index (χ1) is 15.3. The van der Waals surface area contributed by atoms with Gasteiger partial charge in [0.2, 0.25) is 0 Å². The number of ether oxygens (including phenoxy) is 1. The van der Waals surface area contributed by atoms with Crippen molar-refractivity contribution >= 4 is 17.4 Å². The zero-order chi connectivity index (χ0) is 21.0. The Morgan fingerprint density at radius 2 is 1.68 bits per heavy atom. The Kier molecular flexibility index (Phi) is 5.26. The summed E-state index contributed by atoms with van der Waals surface area (Å²) in [7, 11) is 0. The van der Waals surface area contributed by atoms with E-state index in [1.807, 2.05) is 42.5 Å². The van der Waals surface area contributed by atoms with Gasteiger partial charge in [0, 0.05) is 13.1 Å². The molecule has 0 amide bonds. The summed E-state index contributed by atoms with van der Waals surface area (Å²) < 4.78 is 7.01. The van der Waals surface area contributed by atoms with E-state index in [1.54, 1.807) is 0 Å². The molecule has 0 radical (unpaired) electrons. The average molecular weight is 414 g/mol. The van der Waals surface area contributed by atoms with Crippen LogP contribution < -0.4 is 4.90 Å². The van der Waals surface area contributed by atoms with Gasteiger partial charge in [0.1, 0.15) is 6.61 Å². The molecule has 2 aromatic carbocycles. The van der Waals surface area contributed by atoms with Crippen LogP contribution in [0.15, 0.2) is 66.7 Å². The third-order valence-electron chi connectivity index (χ3n) is 5.65. The van der Waals surface area contributed by atoms with Crippen molar-refractivity contribution in [2.75, 3.05) is 18.0 Å². The Balaban J connectivity index is 1.13. The maximum absolute atomic E-state index is 12.6. The number of hydrogen-bond donors (Lipinski definition) is 0. The summed E-state index contributed by atoms with van der Waals surface area (Å²) in [5.41, 5.74) is 3.92. The van der Waals surface area contributed by atoms with E-state index in [9.17, 15) is 4.79 Å². The van der Waals surface area contributed by atoms with Gasteiger partial charge in [-0.2, -0.15) is 0 Å². The first kappa shape index (κ1) is 19.2. The van der Waals surface area contributed by atoms with Crippen molar-refractivity contribution in [1.29, 1.82) is 0 Å². The third kappa shape index (κ3) is 4.23. The van der Waals surface area contributed by atoms with Gasteiger partial charge in [-0.25, -0.2) is 0 Å². The molecule has 31 heavy (non-hydrogen) atoms. The normalized spacial score (nSPS) is 14.6. The summed E-state index contributed by atoms with van der Waals surface area (Å²) in [6.07, 6.45) is 1.47. The van der Waals surface area contributed by atoms with Crippen LogP contribution in [0, 0.1) is 5.92 Å². The molecule has 0 aliphatic carbocycles. The zero-order valence-corrected chi connectivity index (χ0v) is 17.0. The topological polar surface area (TPSA) is 85.5 Å². The van der Waals surface area contributed by atoms with Gasteiger partial charge in [-0.15, -0.1) is 14.8 Å². The predicted molar refractivity (Wildman–Crippen MR) is 115 cm³/mol. The van der Waals surface area contributed by atoms with Gasteiger partial charge < -0.3 is 9.64 Å². The minimum Gasteiger partial charge on any atom is -0.461 e. The Bertz CT molecular complexity index is 1170. The molecule has 0 saturated carbocycles. The van der Waals surface area contributed by atoms with Crippen LogP contribution in [0.3, 0.4) is 0 Å². The van der Waals surface area contributed by atoms with Crippen LogP contribution in [0.5, 0.6) is 0 Å². The van der Waals surface area contributed by atoms with E-state index in [0.717, 1.165) is 42.9 Å². The second-order valence-electron chi connectivity index (χ2n) is 7.65. The van der Waals surface area contributed by atoms with E-state index in [1.165, 1.54) is 10.2 Å². The monoisotopic (exact) mass is 414 g/mol. The molecule has 0 unspecified atom stereocenters. The Morgan fingerprint density at radius 3 is 2.45 bits per heavy atom. The van der Waals surface area contributed by atoms with Gasteiger partial charge in [-0.1, -0.05) is 54.6 Å². The number of tetrazole rings is 1. The number of fused-ring (bicyclic) bond motifs is 1. The third-order valence-corrected chi connectivity index (χ3v) is 5.65. The van der Waals surface area contributed by atoms with Crippen molar-refractivity contribution in [1.82, 2.24) is 25.3 Å². The standard InChI is InChI=1S/C23H22N6O2/c30-23(31-16-17-6-8-19(9-7-17)18-4-2-1-3-5-18)20-12-14-28(15-13-20)22-11-10-21-24-26-27-29(21)25-22/h1-11,20H,12-16H2. The molecule has 1 saturated heterocycles. The Morgan fingerprint density at radius 1 is 0.935 bits per heavy atom. The van der Waals surface area contributed by atoms with Crippen LogP contribution in [0.25, 0.3) is 16.8 Å². The van der Waals surface area contributed by atoms with Crippen molar-refractivity contribution in [2.24, 2.45) is 5.92 Å². The van der Waals surface area contributed by atoms with Crippen molar-refractivity contribution in [2.45, 2.75) is 19.4 Å². The molecule has 0 spiro atoms. The molecule has 2 aromatic heterocycles. The van der Waals surface area contributed by atoms with Crippen LogP contribution in [0.2, 0.25) is 0 Å². The van der Waals surface area contributed by atoms with Gasteiger partial charge >= 0.3 is 5.97 Å². The fraction of sp³-hybridized carbons (Fsp3) is 0.261. The summed E-state index contributed by atoms with van der Waals surface area (Å²) in [5, 5.41) is 15.7. The van der Waals surface area contributed by atoms with Gasteiger partial charge in [0.15, 0.2) is 11.5 Å². The Labute approximate surface area is 179 Å². The number of aromatic nitrogens is 5. The molecule has 5 rings (SSSR count). The molecule has 4 aromatic rings. The number of piperidine rings is 1. The lowest BCUT2D eigenvalue weighted by Gasteiger charge is -2.31. The van der Waals surface area contributed by atoms with Crippen molar-refractivity contribution in [3.05, 3.63) is 72.3 Å². The number of anilines is 1. The number of nitrogens with zero attached hydrogens (tertiary/aromatic N) is 6. The lowest BCUT2D eigenvalue weighted by Crippen LogP contribution is -2.37. The van der Waals surface area contributed by atoms with E-state index < -0.39 is 0 Å². The van der Waals surface area contributed by atoms with E-state index >= 15 is 0 Å². The number of rotatable bonds is 5. The SMILES string of the molecule is O=C(OCc1ccc(-c2ccccc2)cc1)C1CCN(c2ccc3nnnn3n2)CC1. The molecule has 3 heterocycles. The lowest BCUT2D eigenvalue weighted by molar-refractivity contribution is -0.150.